The summed E-state index contributed by atoms with van der Waals surface area (Å²) >= 11 is 0. The highest BCUT2D eigenvalue weighted by Crippen LogP contribution is 2.42. The minimum absolute atomic E-state index is 0.00279. The first-order valence-electron chi connectivity index (χ1n) is 11.3. The third-order valence-corrected chi connectivity index (χ3v) is 6.34. The molecule has 2 aromatic rings. The van der Waals surface area contributed by atoms with Gasteiger partial charge in [-0.25, -0.2) is 4.99 Å². The van der Waals surface area contributed by atoms with Crippen molar-refractivity contribution >= 4 is 18.1 Å². The first kappa shape index (κ1) is 22.7. The quantitative estimate of drug-likeness (QED) is 0.421. The molecule has 0 unspecified atom stereocenters. The molecule has 1 N–H and O–H groups in total. The molecule has 1 amide bonds. The summed E-state index contributed by atoms with van der Waals surface area (Å²) in [4.78, 5) is 18.8. The number of carbonyl (C=O) groups is 1. The zero-order chi connectivity index (χ0) is 21.9. The van der Waals surface area contributed by atoms with E-state index in [0.717, 1.165) is 24.8 Å². The molecule has 1 aliphatic rings. The Morgan fingerprint density at radius 1 is 1.03 bits per heavy atom. The number of carbonyl (C=O) groups excluding carboxylic acids is 1. The Morgan fingerprint density at radius 2 is 1.68 bits per heavy atom. The number of amides is 1. The van der Waals surface area contributed by atoms with Crippen molar-refractivity contribution in [1.82, 2.24) is 4.90 Å². The Kier molecular flexibility index (Phi) is 8.34. The van der Waals surface area contributed by atoms with Crippen LogP contribution in [-0.4, -0.2) is 29.5 Å². The van der Waals surface area contributed by atoms with E-state index in [-0.39, 0.29) is 17.3 Å². The summed E-state index contributed by atoms with van der Waals surface area (Å²) in [6.07, 6.45) is 10.9. The van der Waals surface area contributed by atoms with Crippen molar-refractivity contribution in [1.29, 1.82) is 5.41 Å². The summed E-state index contributed by atoms with van der Waals surface area (Å²) in [5.74, 6) is -0.0499. The van der Waals surface area contributed by atoms with E-state index in [1.165, 1.54) is 37.1 Å². The minimum Gasteiger partial charge on any atom is -0.281 e. The topological polar surface area (TPSA) is 56.5 Å². The normalized spacial score (nSPS) is 15.5. The molecule has 0 atom stereocenters. The van der Waals surface area contributed by atoms with Gasteiger partial charge in [-0.05, 0) is 42.2 Å². The molecule has 3 rings (SSSR count). The van der Waals surface area contributed by atoms with Crippen LogP contribution in [-0.2, 0) is 16.6 Å². The second-order valence-electron chi connectivity index (χ2n) is 8.33. The van der Waals surface area contributed by atoms with Crippen LogP contribution >= 0.6 is 0 Å². The van der Waals surface area contributed by atoms with Crippen LogP contribution in [0.5, 0.6) is 0 Å². The lowest BCUT2D eigenvalue weighted by molar-refractivity contribution is -0.127. The molecule has 1 saturated carbocycles. The van der Waals surface area contributed by atoms with Crippen molar-refractivity contribution in [2.45, 2.75) is 56.8 Å². The molecule has 0 spiro atoms. The van der Waals surface area contributed by atoms with Crippen LogP contribution in [0.15, 0.2) is 78.3 Å². The molecule has 0 saturated heterocycles. The van der Waals surface area contributed by atoms with Crippen molar-refractivity contribution in [3.8, 4) is 0 Å². The first-order valence-corrected chi connectivity index (χ1v) is 11.3. The number of guanidine groups is 1. The molecular weight excluding hydrogens is 382 g/mol. The van der Waals surface area contributed by atoms with E-state index in [9.17, 15) is 4.79 Å². The maximum absolute atomic E-state index is 13.1. The molecule has 162 valence electrons. The van der Waals surface area contributed by atoms with Gasteiger partial charge in [0.25, 0.3) is 0 Å². The molecule has 0 aromatic heterocycles. The van der Waals surface area contributed by atoms with Crippen LogP contribution in [0.25, 0.3) is 0 Å². The summed E-state index contributed by atoms with van der Waals surface area (Å²) in [6, 6.07) is 20.7. The SMILES string of the molecule is C=C/C=N\C(=N)N(CCC1(c2ccccc2)CCCCC1)C(=O)CCc1ccccc1. The predicted molar refractivity (Wildman–Crippen MR) is 129 cm³/mol. The predicted octanol–water partition coefficient (Wildman–Crippen LogP) is 5.93. The summed E-state index contributed by atoms with van der Waals surface area (Å²) in [5.41, 5.74) is 2.55. The van der Waals surface area contributed by atoms with Crippen molar-refractivity contribution < 1.29 is 4.79 Å². The van der Waals surface area contributed by atoms with E-state index in [1.54, 1.807) is 4.90 Å². The molecular formula is C27H33N3O. The van der Waals surface area contributed by atoms with Gasteiger partial charge >= 0.3 is 0 Å². The van der Waals surface area contributed by atoms with Gasteiger partial charge in [-0.3, -0.25) is 15.1 Å². The summed E-state index contributed by atoms with van der Waals surface area (Å²) in [5, 5.41) is 8.41. The number of hydrogen-bond donors (Lipinski definition) is 1. The molecule has 0 bridgehead atoms. The molecule has 0 radical (unpaired) electrons. The Balaban J connectivity index is 1.75. The van der Waals surface area contributed by atoms with Gasteiger partial charge in [0.1, 0.15) is 0 Å². The van der Waals surface area contributed by atoms with Gasteiger partial charge in [0, 0.05) is 19.2 Å². The van der Waals surface area contributed by atoms with Crippen LogP contribution < -0.4 is 0 Å². The fourth-order valence-corrected chi connectivity index (χ4v) is 4.60. The molecule has 4 nitrogen and oxygen atoms in total. The Bertz CT molecular complexity index is 883. The number of nitrogens with zero attached hydrogens (tertiary/aromatic N) is 2. The average molecular weight is 416 g/mol. The number of allylic oxidation sites excluding steroid dienone is 1. The van der Waals surface area contributed by atoms with E-state index in [1.807, 2.05) is 30.3 Å². The van der Waals surface area contributed by atoms with Crippen molar-refractivity contribution in [2.75, 3.05) is 6.54 Å². The Hall–Kier alpha value is -3.01. The second kappa shape index (κ2) is 11.4. The summed E-state index contributed by atoms with van der Waals surface area (Å²) in [6.45, 7) is 4.14. The van der Waals surface area contributed by atoms with Gasteiger partial charge in [0.15, 0.2) is 0 Å². The molecule has 1 fully saturated rings. The Morgan fingerprint density at radius 3 is 2.32 bits per heavy atom. The van der Waals surface area contributed by atoms with E-state index < -0.39 is 0 Å². The molecule has 4 heteroatoms. The molecule has 1 aliphatic carbocycles. The van der Waals surface area contributed by atoms with E-state index >= 15 is 0 Å². The highest BCUT2D eigenvalue weighted by Gasteiger charge is 2.34. The van der Waals surface area contributed by atoms with Gasteiger partial charge in [-0.15, -0.1) is 0 Å². The Labute approximate surface area is 186 Å². The number of hydrogen-bond acceptors (Lipinski definition) is 2. The van der Waals surface area contributed by atoms with Crippen LogP contribution in [0.3, 0.4) is 0 Å². The van der Waals surface area contributed by atoms with Gasteiger partial charge in [-0.2, -0.15) is 0 Å². The van der Waals surface area contributed by atoms with Crippen molar-refractivity contribution in [3.05, 3.63) is 84.4 Å². The minimum atomic E-state index is -0.0471. The third-order valence-electron chi connectivity index (χ3n) is 6.34. The van der Waals surface area contributed by atoms with Crippen molar-refractivity contribution in [3.63, 3.8) is 0 Å². The largest absolute Gasteiger partial charge is 0.281 e. The molecule has 2 aromatic carbocycles. The molecule has 0 heterocycles. The highest BCUT2D eigenvalue weighted by atomic mass is 16.2. The number of rotatable bonds is 8. The van der Waals surface area contributed by atoms with Gasteiger partial charge in [-0.1, -0.05) is 92.6 Å². The zero-order valence-corrected chi connectivity index (χ0v) is 18.3. The van der Waals surface area contributed by atoms with Crippen LogP contribution in [0.1, 0.15) is 56.1 Å². The highest BCUT2D eigenvalue weighted by molar-refractivity contribution is 5.99. The first-order chi connectivity index (χ1) is 15.1. The van der Waals surface area contributed by atoms with E-state index in [0.29, 0.717) is 19.4 Å². The zero-order valence-electron chi connectivity index (χ0n) is 18.3. The standard InChI is InChI=1S/C27H33N3O/c1-2-21-29-26(28)30(25(31)17-16-23-12-6-3-7-13-23)22-20-27(18-10-5-11-19-27)24-14-8-4-9-15-24/h2-4,6-9,12-15,21,28H,1,5,10-11,16-20,22H2/b28-26?,29-21-. The van der Waals surface area contributed by atoms with Crippen molar-refractivity contribution in [2.24, 2.45) is 4.99 Å². The van der Waals surface area contributed by atoms with Crippen LogP contribution in [0, 0.1) is 5.41 Å². The lowest BCUT2D eigenvalue weighted by Gasteiger charge is -2.39. The lowest BCUT2D eigenvalue weighted by atomic mass is 9.67. The fourth-order valence-electron chi connectivity index (χ4n) is 4.60. The maximum Gasteiger partial charge on any atom is 0.229 e. The lowest BCUT2D eigenvalue weighted by Crippen LogP contribution is -2.40. The van der Waals surface area contributed by atoms with Gasteiger partial charge in [0.2, 0.25) is 11.9 Å². The van der Waals surface area contributed by atoms with Crippen LogP contribution in [0.2, 0.25) is 0 Å². The number of aryl methyl sites for hydroxylation is 1. The summed E-state index contributed by atoms with van der Waals surface area (Å²) in [7, 11) is 0. The van der Waals surface area contributed by atoms with Gasteiger partial charge in [0.05, 0.1) is 0 Å². The maximum atomic E-state index is 13.1. The molecule has 31 heavy (non-hydrogen) atoms. The van der Waals surface area contributed by atoms with Gasteiger partial charge < -0.3 is 0 Å². The monoisotopic (exact) mass is 415 g/mol. The molecule has 0 aliphatic heterocycles. The third kappa shape index (κ3) is 6.24. The average Bonchev–Trinajstić information content (AvgIpc) is 2.83. The smallest absolute Gasteiger partial charge is 0.229 e. The second-order valence-corrected chi connectivity index (χ2v) is 8.33. The fraction of sp³-hybridized carbons (Fsp3) is 0.370. The number of nitrogens with one attached hydrogen (secondary N) is 1. The number of aliphatic imine (C=N–C) groups is 1. The number of benzene rings is 2. The van der Waals surface area contributed by atoms with Crippen LogP contribution in [0.4, 0.5) is 0 Å². The summed E-state index contributed by atoms with van der Waals surface area (Å²) < 4.78 is 0. The van der Waals surface area contributed by atoms with E-state index in [4.69, 9.17) is 5.41 Å². The van der Waals surface area contributed by atoms with E-state index in [2.05, 4.69) is 41.9 Å².